The summed E-state index contributed by atoms with van der Waals surface area (Å²) in [4.78, 5) is 14.9. The van der Waals surface area contributed by atoms with Gasteiger partial charge < -0.3 is 14.0 Å². The smallest absolute Gasteiger partial charge is 0.416 e. The number of alkyl halides is 3. The van der Waals surface area contributed by atoms with E-state index >= 15 is 0 Å². The minimum atomic E-state index is -4.68. The number of benzene rings is 4. The van der Waals surface area contributed by atoms with Gasteiger partial charge in [-0.2, -0.15) is 13.2 Å². The van der Waals surface area contributed by atoms with Crippen molar-refractivity contribution in [2.75, 3.05) is 6.61 Å². The first kappa shape index (κ1) is 32.7. The maximum atomic E-state index is 12.0. The highest BCUT2D eigenvalue weighted by Crippen LogP contribution is 2.32. The standard InChI is InChI=1S/C24H25O3S.C7H5F3O3S/c1-24(2,3)27-23(25)18-26-19-14-16-22(17-15-19)28(20-10-6-4-7-11-20)21-12-8-5-9-13-21;8-7(9,10)5-1-3-6(4-2-5)14(11,12)13/h4-17H,18H2,1-3H3;1-4H,(H,11,12,13)/q+1;/p-1. The second-order valence-corrected chi connectivity index (χ2v) is 13.2. The Morgan fingerprint density at radius 1 is 0.738 bits per heavy atom. The first-order valence-corrected chi connectivity index (χ1v) is 15.2. The molecule has 42 heavy (non-hydrogen) atoms. The van der Waals surface area contributed by atoms with Crippen molar-refractivity contribution in [2.45, 2.75) is 52.1 Å². The molecule has 0 aliphatic carbocycles. The van der Waals surface area contributed by atoms with Crippen molar-refractivity contribution < 1.29 is 40.4 Å². The Morgan fingerprint density at radius 3 is 1.60 bits per heavy atom. The zero-order valence-electron chi connectivity index (χ0n) is 23.0. The van der Waals surface area contributed by atoms with Crippen LogP contribution < -0.4 is 4.74 Å². The molecule has 0 N–H and O–H groups in total. The Labute approximate surface area is 246 Å². The fourth-order valence-electron chi connectivity index (χ4n) is 3.52. The van der Waals surface area contributed by atoms with Crippen LogP contribution in [0, 0.1) is 0 Å². The molecule has 0 bridgehead atoms. The molecule has 0 aliphatic heterocycles. The van der Waals surface area contributed by atoms with Gasteiger partial charge in [0.2, 0.25) is 0 Å². The normalized spacial score (nSPS) is 11.8. The molecule has 11 heteroatoms. The maximum absolute atomic E-state index is 12.0. The minimum absolute atomic E-state index is 0.0975. The molecule has 4 rings (SSSR count). The van der Waals surface area contributed by atoms with Crippen molar-refractivity contribution in [2.24, 2.45) is 0 Å². The lowest BCUT2D eigenvalue weighted by molar-refractivity contribution is -0.157. The van der Waals surface area contributed by atoms with Crippen LogP contribution in [-0.2, 0) is 36.7 Å². The van der Waals surface area contributed by atoms with Crippen LogP contribution in [0.2, 0.25) is 0 Å². The van der Waals surface area contributed by atoms with Crippen LogP contribution in [0.5, 0.6) is 5.75 Å². The largest absolute Gasteiger partial charge is 0.744 e. The first-order chi connectivity index (χ1) is 19.6. The van der Waals surface area contributed by atoms with Gasteiger partial charge in [0.05, 0.1) is 21.4 Å². The molecule has 4 aromatic rings. The summed E-state index contributed by atoms with van der Waals surface area (Å²) in [5, 5.41) is 0. The predicted molar refractivity (Wildman–Crippen MR) is 152 cm³/mol. The topological polar surface area (TPSA) is 92.7 Å². The van der Waals surface area contributed by atoms with Gasteiger partial charge >= 0.3 is 12.1 Å². The fourth-order valence-corrected chi connectivity index (χ4v) is 6.07. The highest BCUT2D eigenvalue weighted by molar-refractivity contribution is 7.97. The van der Waals surface area contributed by atoms with E-state index in [9.17, 15) is 30.9 Å². The van der Waals surface area contributed by atoms with Crippen LogP contribution in [0.4, 0.5) is 13.2 Å². The molecule has 0 saturated carbocycles. The Hall–Kier alpha value is -3.80. The fraction of sp³-hybridized carbons (Fsp3) is 0.194. The molecule has 0 fully saturated rings. The third kappa shape index (κ3) is 10.2. The van der Waals surface area contributed by atoms with Crippen LogP contribution in [0.25, 0.3) is 0 Å². The average molecular weight is 619 g/mol. The molecule has 0 aliphatic rings. The summed E-state index contributed by atoms with van der Waals surface area (Å²) in [5.41, 5.74) is -1.51. The summed E-state index contributed by atoms with van der Waals surface area (Å²) in [5.74, 6) is 0.282. The number of esters is 1. The van der Waals surface area contributed by atoms with Crippen molar-refractivity contribution in [3.05, 3.63) is 115 Å². The van der Waals surface area contributed by atoms with Gasteiger partial charge in [-0.05, 0) is 93.6 Å². The molecule has 222 valence electrons. The number of hydrogen-bond acceptors (Lipinski definition) is 6. The van der Waals surface area contributed by atoms with Gasteiger partial charge in [-0.15, -0.1) is 0 Å². The molecule has 0 radical (unpaired) electrons. The summed E-state index contributed by atoms with van der Waals surface area (Å²) in [7, 11) is -4.88. The lowest BCUT2D eigenvalue weighted by atomic mass is 10.2. The third-order valence-corrected chi connectivity index (χ3v) is 8.34. The number of halogens is 3. The Morgan fingerprint density at radius 2 is 1.19 bits per heavy atom. The van der Waals surface area contributed by atoms with Crippen LogP contribution >= 0.6 is 0 Å². The van der Waals surface area contributed by atoms with Crippen molar-refractivity contribution in [3.8, 4) is 5.75 Å². The lowest BCUT2D eigenvalue weighted by Crippen LogP contribution is -2.27. The van der Waals surface area contributed by atoms with E-state index < -0.39 is 32.4 Å². The Balaban J connectivity index is 0.000000291. The van der Waals surface area contributed by atoms with Crippen LogP contribution in [0.3, 0.4) is 0 Å². The molecule has 0 spiro atoms. The zero-order valence-corrected chi connectivity index (χ0v) is 24.6. The zero-order chi connectivity index (χ0) is 31.0. The maximum Gasteiger partial charge on any atom is 0.416 e. The van der Waals surface area contributed by atoms with Gasteiger partial charge in [0, 0.05) is 0 Å². The minimum Gasteiger partial charge on any atom is -0.744 e. The van der Waals surface area contributed by atoms with E-state index in [1.54, 1.807) is 0 Å². The summed E-state index contributed by atoms with van der Waals surface area (Å²) in [6.07, 6.45) is -4.54. The van der Waals surface area contributed by atoms with Gasteiger partial charge in [-0.1, -0.05) is 36.4 Å². The van der Waals surface area contributed by atoms with E-state index in [0.717, 1.165) is 0 Å². The quantitative estimate of drug-likeness (QED) is 0.125. The number of rotatable bonds is 7. The van der Waals surface area contributed by atoms with E-state index in [-0.39, 0.29) is 23.5 Å². The highest BCUT2D eigenvalue weighted by Gasteiger charge is 2.30. The van der Waals surface area contributed by atoms with Crippen LogP contribution in [0.1, 0.15) is 26.3 Å². The van der Waals surface area contributed by atoms with Gasteiger partial charge in [0.25, 0.3) is 0 Å². The van der Waals surface area contributed by atoms with Gasteiger partial charge in [-0.3, -0.25) is 0 Å². The summed E-state index contributed by atoms with van der Waals surface area (Å²) < 4.78 is 77.9. The van der Waals surface area contributed by atoms with Crippen molar-refractivity contribution in [1.29, 1.82) is 0 Å². The molecule has 0 heterocycles. The number of ether oxygens (including phenoxy) is 2. The van der Waals surface area contributed by atoms with E-state index in [0.29, 0.717) is 30.0 Å². The van der Waals surface area contributed by atoms with Crippen molar-refractivity contribution >= 4 is 27.0 Å². The van der Waals surface area contributed by atoms with Gasteiger partial charge in [-0.25, -0.2) is 13.2 Å². The molecule has 0 aromatic heterocycles. The average Bonchev–Trinajstić information content (AvgIpc) is 2.93. The highest BCUT2D eigenvalue weighted by atomic mass is 32.2. The molecule has 4 aromatic carbocycles. The lowest BCUT2D eigenvalue weighted by Gasteiger charge is -2.19. The molecule has 0 amide bonds. The molecule has 6 nitrogen and oxygen atoms in total. The van der Waals surface area contributed by atoms with E-state index in [1.165, 1.54) is 14.7 Å². The van der Waals surface area contributed by atoms with E-state index in [2.05, 4.69) is 60.7 Å². The van der Waals surface area contributed by atoms with E-state index in [4.69, 9.17) is 9.47 Å². The number of carbonyl (C=O) groups is 1. The second-order valence-electron chi connectivity index (χ2n) is 9.76. The van der Waals surface area contributed by atoms with E-state index in [1.807, 2.05) is 45.0 Å². The SMILES string of the molecule is CC(C)(C)OC(=O)COc1ccc([S+](c2ccccc2)c2ccccc2)cc1.O=S(=O)([O-])c1ccc(C(F)(F)F)cc1. The number of hydrogen-bond donors (Lipinski definition) is 0. The molecule has 0 atom stereocenters. The van der Waals surface area contributed by atoms with Crippen LogP contribution in [0.15, 0.2) is 129 Å². The first-order valence-electron chi connectivity index (χ1n) is 12.6. The van der Waals surface area contributed by atoms with Crippen molar-refractivity contribution in [3.63, 3.8) is 0 Å². The van der Waals surface area contributed by atoms with Gasteiger partial charge in [0.15, 0.2) is 21.3 Å². The second kappa shape index (κ2) is 13.9. The Bertz CT molecular complexity index is 1500. The number of carbonyl (C=O) groups excluding carboxylic acids is 1. The van der Waals surface area contributed by atoms with Crippen molar-refractivity contribution in [1.82, 2.24) is 0 Å². The summed E-state index contributed by atoms with van der Waals surface area (Å²) in [6.45, 7) is 5.43. The molecular weight excluding hydrogens is 589 g/mol. The Kier molecular flexibility index (Phi) is 10.8. The molecule has 0 saturated heterocycles. The predicted octanol–water partition coefficient (Wildman–Crippen LogP) is 7.11. The molecular formula is C31H29F3O6S2. The summed E-state index contributed by atoms with van der Waals surface area (Å²) in [6, 6.07) is 31.2. The summed E-state index contributed by atoms with van der Waals surface area (Å²) >= 11 is 0. The monoisotopic (exact) mass is 618 g/mol. The van der Waals surface area contributed by atoms with Gasteiger partial charge in [0.1, 0.15) is 21.5 Å². The molecule has 0 unspecified atom stereocenters. The van der Waals surface area contributed by atoms with Crippen LogP contribution in [-0.4, -0.2) is 31.1 Å². The third-order valence-electron chi connectivity index (χ3n) is 5.26.